The average molecular weight is 247 g/mol. The van der Waals surface area contributed by atoms with Crippen molar-refractivity contribution in [3.8, 4) is 0 Å². The van der Waals surface area contributed by atoms with Gasteiger partial charge < -0.3 is 5.32 Å². The van der Waals surface area contributed by atoms with E-state index in [1.807, 2.05) is 31.2 Å². The molecule has 0 aromatic heterocycles. The standard InChI is InChI=1S/C16H25NO/c1-5-16(6-2,7-3)12-17-15(18)14-10-8-13(4)9-11-14/h8-11H,5-7,12H2,1-4H3,(H,17,18). The fourth-order valence-corrected chi connectivity index (χ4v) is 2.20. The first-order valence-electron chi connectivity index (χ1n) is 6.91. The molecule has 0 aliphatic heterocycles. The van der Waals surface area contributed by atoms with Crippen molar-refractivity contribution in [3.05, 3.63) is 35.4 Å². The lowest BCUT2D eigenvalue weighted by molar-refractivity contribution is 0.0923. The molecule has 100 valence electrons. The zero-order valence-corrected chi connectivity index (χ0v) is 12.0. The van der Waals surface area contributed by atoms with Crippen LogP contribution < -0.4 is 5.32 Å². The summed E-state index contributed by atoms with van der Waals surface area (Å²) >= 11 is 0. The van der Waals surface area contributed by atoms with Gasteiger partial charge in [-0.25, -0.2) is 0 Å². The maximum absolute atomic E-state index is 12.0. The highest BCUT2D eigenvalue weighted by Gasteiger charge is 2.24. The van der Waals surface area contributed by atoms with Crippen molar-refractivity contribution >= 4 is 5.91 Å². The first kappa shape index (κ1) is 14.7. The highest BCUT2D eigenvalue weighted by atomic mass is 16.1. The molecule has 1 aromatic carbocycles. The predicted octanol–water partition coefficient (Wildman–Crippen LogP) is 3.94. The van der Waals surface area contributed by atoms with Crippen LogP contribution in [0.15, 0.2) is 24.3 Å². The van der Waals surface area contributed by atoms with Crippen LogP contribution in [0.4, 0.5) is 0 Å². The van der Waals surface area contributed by atoms with Gasteiger partial charge in [0.15, 0.2) is 0 Å². The van der Waals surface area contributed by atoms with Crippen LogP contribution in [0, 0.1) is 12.3 Å². The molecule has 1 rings (SSSR count). The number of hydrogen-bond acceptors (Lipinski definition) is 1. The first-order chi connectivity index (χ1) is 8.56. The van der Waals surface area contributed by atoms with E-state index < -0.39 is 0 Å². The van der Waals surface area contributed by atoms with Crippen molar-refractivity contribution in [2.75, 3.05) is 6.54 Å². The molecule has 2 nitrogen and oxygen atoms in total. The summed E-state index contributed by atoms with van der Waals surface area (Å²) in [6.45, 7) is 9.39. The van der Waals surface area contributed by atoms with E-state index in [9.17, 15) is 4.79 Å². The van der Waals surface area contributed by atoms with E-state index in [0.717, 1.165) is 31.4 Å². The summed E-state index contributed by atoms with van der Waals surface area (Å²) in [6.07, 6.45) is 3.32. The molecular weight excluding hydrogens is 222 g/mol. The van der Waals surface area contributed by atoms with Gasteiger partial charge in [0.05, 0.1) is 0 Å². The lowest BCUT2D eigenvalue weighted by Crippen LogP contribution is -2.36. The monoisotopic (exact) mass is 247 g/mol. The average Bonchev–Trinajstić information content (AvgIpc) is 2.41. The Labute approximate surface area is 111 Å². The van der Waals surface area contributed by atoms with Crippen LogP contribution in [0.2, 0.25) is 0 Å². The quantitative estimate of drug-likeness (QED) is 0.810. The molecule has 1 aromatic rings. The van der Waals surface area contributed by atoms with Crippen LogP contribution in [0.1, 0.15) is 56.0 Å². The molecule has 0 saturated heterocycles. The predicted molar refractivity (Wildman–Crippen MR) is 76.8 cm³/mol. The molecule has 0 aliphatic rings. The Kier molecular flexibility index (Phi) is 5.39. The van der Waals surface area contributed by atoms with Gasteiger partial charge in [-0.15, -0.1) is 0 Å². The number of rotatable bonds is 6. The van der Waals surface area contributed by atoms with E-state index in [-0.39, 0.29) is 11.3 Å². The lowest BCUT2D eigenvalue weighted by Gasteiger charge is -2.30. The lowest BCUT2D eigenvalue weighted by atomic mass is 9.80. The van der Waals surface area contributed by atoms with Gasteiger partial charge in [-0.3, -0.25) is 4.79 Å². The third-order valence-corrected chi connectivity index (χ3v) is 4.19. The second kappa shape index (κ2) is 6.58. The molecule has 0 fully saturated rings. The smallest absolute Gasteiger partial charge is 0.251 e. The fourth-order valence-electron chi connectivity index (χ4n) is 2.20. The van der Waals surface area contributed by atoms with Gasteiger partial charge in [-0.1, -0.05) is 38.5 Å². The van der Waals surface area contributed by atoms with Crippen LogP contribution in [0.3, 0.4) is 0 Å². The summed E-state index contributed by atoms with van der Waals surface area (Å²) in [4.78, 5) is 12.0. The van der Waals surface area contributed by atoms with Gasteiger partial charge in [0.2, 0.25) is 0 Å². The Morgan fingerprint density at radius 1 is 1.06 bits per heavy atom. The van der Waals surface area contributed by atoms with Crippen LogP contribution >= 0.6 is 0 Å². The van der Waals surface area contributed by atoms with Crippen LogP contribution in [-0.4, -0.2) is 12.5 Å². The molecule has 0 spiro atoms. The van der Waals surface area contributed by atoms with Crippen molar-refractivity contribution in [1.29, 1.82) is 0 Å². The summed E-state index contributed by atoms with van der Waals surface area (Å²) < 4.78 is 0. The van der Waals surface area contributed by atoms with Crippen LogP contribution in [0.5, 0.6) is 0 Å². The maximum atomic E-state index is 12.0. The zero-order chi connectivity index (χ0) is 13.6. The normalized spacial score (nSPS) is 11.3. The summed E-state index contributed by atoms with van der Waals surface area (Å²) in [7, 11) is 0. The number of amides is 1. The highest BCUT2D eigenvalue weighted by Crippen LogP contribution is 2.29. The van der Waals surface area contributed by atoms with Crippen LogP contribution in [0.25, 0.3) is 0 Å². The third-order valence-electron chi connectivity index (χ3n) is 4.19. The molecule has 0 bridgehead atoms. The summed E-state index contributed by atoms with van der Waals surface area (Å²) in [5.41, 5.74) is 2.18. The maximum Gasteiger partial charge on any atom is 0.251 e. The minimum absolute atomic E-state index is 0.0368. The molecule has 2 heteroatoms. The molecule has 0 radical (unpaired) electrons. The molecule has 1 N–H and O–H groups in total. The largest absolute Gasteiger partial charge is 0.351 e. The number of carbonyl (C=O) groups excluding carboxylic acids is 1. The van der Waals surface area contributed by atoms with E-state index in [1.165, 1.54) is 5.56 Å². The molecule has 18 heavy (non-hydrogen) atoms. The van der Waals surface area contributed by atoms with Gasteiger partial charge in [0.1, 0.15) is 0 Å². The SMILES string of the molecule is CCC(CC)(CC)CNC(=O)c1ccc(C)cc1. The number of aryl methyl sites for hydroxylation is 1. The van der Waals surface area contributed by atoms with Crippen LogP contribution in [-0.2, 0) is 0 Å². The van der Waals surface area contributed by atoms with Crippen molar-refractivity contribution in [2.45, 2.75) is 47.0 Å². The Morgan fingerprint density at radius 3 is 2.00 bits per heavy atom. The van der Waals surface area contributed by atoms with Crippen molar-refractivity contribution in [1.82, 2.24) is 5.32 Å². The van der Waals surface area contributed by atoms with Gasteiger partial charge >= 0.3 is 0 Å². The van der Waals surface area contributed by atoms with Crippen molar-refractivity contribution < 1.29 is 4.79 Å². The summed E-state index contributed by atoms with van der Waals surface area (Å²) in [5.74, 6) is 0.0368. The summed E-state index contributed by atoms with van der Waals surface area (Å²) in [6, 6.07) is 7.72. The molecular formula is C16H25NO. The zero-order valence-electron chi connectivity index (χ0n) is 12.0. The van der Waals surface area contributed by atoms with Gasteiger partial charge in [-0.2, -0.15) is 0 Å². The Morgan fingerprint density at radius 2 is 1.56 bits per heavy atom. The number of benzene rings is 1. The second-order valence-electron chi connectivity index (χ2n) is 5.11. The topological polar surface area (TPSA) is 29.1 Å². The third kappa shape index (κ3) is 3.59. The molecule has 0 atom stereocenters. The molecule has 0 heterocycles. The van der Waals surface area contributed by atoms with E-state index in [2.05, 4.69) is 26.1 Å². The minimum atomic E-state index is 0.0368. The molecule has 0 saturated carbocycles. The van der Waals surface area contributed by atoms with Gasteiger partial charge in [0.25, 0.3) is 5.91 Å². The highest BCUT2D eigenvalue weighted by molar-refractivity contribution is 5.94. The Hall–Kier alpha value is -1.31. The number of nitrogens with one attached hydrogen (secondary N) is 1. The van der Waals surface area contributed by atoms with Crippen molar-refractivity contribution in [2.24, 2.45) is 5.41 Å². The minimum Gasteiger partial charge on any atom is -0.351 e. The van der Waals surface area contributed by atoms with Gasteiger partial charge in [0, 0.05) is 12.1 Å². The number of hydrogen-bond donors (Lipinski definition) is 1. The molecule has 0 unspecified atom stereocenters. The van der Waals surface area contributed by atoms with E-state index >= 15 is 0 Å². The van der Waals surface area contributed by atoms with Crippen molar-refractivity contribution in [3.63, 3.8) is 0 Å². The Balaban J connectivity index is 2.63. The van der Waals surface area contributed by atoms with Gasteiger partial charge in [-0.05, 0) is 43.7 Å². The summed E-state index contributed by atoms with van der Waals surface area (Å²) in [5, 5.41) is 3.07. The second-order valence-corrected chi connectivity index (χ2v) is 5.11. The molecule has 1 amide bonds. The Bertz CT molecular complexity index is 368. The van der Waals surface area contributed by atoms with E-state index in [0.29, 0.717) is 0 Å². The van der Waals surface area contributed by atoms with E-state index in [1.54, 1.807) is 0 Å². The fraction of sp³-hybridized carbons (Fsp3) is 0.562. The number of carbonyl (C=O) groups is 1. The molecule has 0 aliphatic carbocycles. The first-order valence-corrected chi connectivity index (χ1v) is 6.91. The van der Waals surface area contributed by atoms with E-state index in [4.69, 9.17) is 0 Å².